The first kappa shape index (κ1) is 14.0. The SMILES string of the molecule is CCc1cc(C(=O)O)n(CCOC2CCCCO2)n1. The molecule has 0 amide bonds. The van der Waals surface area contributed by atoms with E-state index in [0.29, 0.717) is 13.2 Å². The maximum absolute atomic E-state index is 11.1. The Labute approximate surface area is 112 Å². The summed E-state index contributed by atoms with van der Waals surface area (Å²) in [5.74, 6) is -0.957. The highest BCUT2D eigenvalue weighted by molar-refractivity contribution is 5.85. The van der Waals surface area contributed by atoms with Crippen LogP contribution in [0.3, 0.4) is 0 Å². The summed E-state index contributed by atoms with van der Waals surface area (Å²) in [4.78, 5) is 11.1. The van der Waals surface area contributed by atoms with Gasteiger partial charge in [0.15, 0.2) is 6.29 Å². The van der Waals surface area contributed by atoms with Gasteiger partial charge in [0.25, 0.3) is 0 Å². The van der Waals surface area contributed by atoms with Gasteiger partial charge in [0, 0.05) is 6.61 Å². The molecule has 2 heterocycles. The Kier molecular flexibility index (Phi) is 4.93. The largest absolute Gasteiger partial charge is 0.477 e. The van der Waals surface area contributed by atoms with Gasteiger partial charge in [-0.15, -0.1) is 0 Å². The minimum absolute atomic E-state index is 0.150. The van der Waals surface area contributed by atoms with Crippen LogP contribution in [0.2, 0.25) is 0 Å². The van der Waals surface area contributed by atoms with Gasteiger partial charge in [-0.05, 0) is 31.7 Å². The van der Waals surface area contributed by atoms with E-state index in [0.717, 1.165) is 38.0 Å². The zero-order valence-electron chi connectivity index (χ0n) is 11.2. The zero-order valence-corrected chi connectivity index (χ0v) is 11.2. The molecule has 1 aromatic rings. The van der Waals surface area contributed by atoms with Crippen molar-refractivity contribution in [1.82, 2.24) is 9.78 Å². The Hall–Kier alpha value is -1.40. The van der Waals surface area contributed by atoms with E-state index >= 15 is 0 Å². The molecular weight excluding hydrogens is 248 g/mol. The number of aryl methyl sites for hydroxylation is 1. The second-order valence-corrected chi connectivity index (χ2v) is 4.57. The van der Waals surface area contributed by atoms with Crippen molar-refractivity contribution < 1.29 is 19.4 Å². The normalized spacial score (nSPS) is 19.5. The minimum atomic E-state index is -0.957. The van der Waals surface area contributed by atoms with Crippen LogP contribution in [-0.2, 0) is 22.4 Å². The Bertz CT molecular complexity index is 424. The van der Waals surface area contributed by atoms with Crippen molar-refractivity contribution in [1.29, 1.82) is 0 Å². The standard InChI is InChI=1S/C13H20N2O4/c1-2-10-9-11(13(16)17)15(14-10)6-8-19-12-5-3-4-7-18-12/h9,12H,2-8H2,1H3,(H,16,17). The van der Waals surface area contributed by atoms with Crippen LogP contribution in [0.5, 0.6) is 0 Å². The molecule has 106 valence electrons. The lowest BCUT2D eigenvalue weighted by Crippen LogP contribution is -2.24. The van der Waals surface area contributed by atoms with E-state index in [-0.39, 0.29) is 12.0 Å². The van der Waals surface area contributed by atoms with E-state index in [9.17, 15) is 4.79 Å². The molecule has 1 fully saturated rings. The number of carbonyl (C=O) groups is 1. The Morgan fingerprint density at radius 1 is 1.63 bits per heavy atom. The average Bonchev–Trinajstić information content (AvgIpc) is 2.83. The lowest BCUT2D eigenvalue weighted by molar-refractivity contribution is -0.163. The Morgan fingerprint density at radius 3 is 3.11 bits per heavy atom. The molecule has 0 radical (unpaired) electrons. The van der Waals surface area contributed by atoms with E-state index in [2.05, 4.69) is 5.10 Å². The molecule has 6 heteroatoms. The molecule has 1 N–H and O–H groups in total. The molecule has 0 saturated carbocycles. The second kappa shape index (κ2) is 6.68. The molecule has 0 aromatic carbocycles. The Balaban J connectivity index is 1.87. The number of hydrogen-bond donors (Lipinski definition) is 1. The van der Waals surface area contributed by atoms with Crippen LogP contribution in [0.4, 0.5) is 0 Å². The highest BCUT2D eigenvalue weighted by Crippen LogP contribution is 2.14. The first-order chi connectivity index (χ1) is 9.20. The smallest absolute Gasteiger partial charge is 0.354 e. The Morgan fingerprint density at radius 2 is 2.47 bits per heavy atom. The lowest BCUT2D eigenvalue weighted by Gasteiger charge is -2.22. The van der Waals surface area contributed by atoms with Crippen molar-refractivity contribution in [3.63, 3.8) is 0 Å². The summed E-state index contributed by atoms with van der Waals surface area (Å²) < 4.78 is 12.5. The van der Waals surface area contributed by atoms with Crippen molar-refractivity contribution in [2.75, 3.05) is 13.2 Å². The van der Waals surface area contributed by atoms with Crippen molar-refractivity contribution in [3.8, 4) is 0 Å². The van der Waals surface area contributed by atoms with Crippen LogP contribution in [0, 0.1) is 0 Å². The maximum atomic E-state index is 11.1. The van der Waals surface area contributed by atoms with Gasteiger partial charge in [-0.1, -0.05) is 6.92 Å². The molecule has 2 rings (SSSR count). The topological polar surface area (TPSA) is 73.6 Å². The first-order valence-corrected chi connectivity index (χ1v) is 6.74. The molecule has 1 atom stereocenters. The number of nitrogens with zero attached hydrogens (tertiary/aromatic N) is 2. The van der Waals surface area contributed by atoms with Gasteiger partial charge in [-0.25, -0.2) is 4.79 Å². The summed E-state index contributed by atoms with van der Waals surface area (Å²) in [6, 6.07) is 1.61. The molecule has 1 aromatic heterocycles. The molecule has 6 nitrogen and oxygen atoms in total. The van der Waals surface area contributed by atoms with Gasteiger partial charge < -0.3 is 14.6 Å². The van der Waals surface area contributed by atoms with Crippen molar-refractivity contribution in [2.24, 2.45) is 0 Å². The van der Waals surface area contributed by atoms with Crippen molar-refractivity contribution in [3.05, 3.63) is 17.5 Å². The fourth-order valence-corrected chi connectivity index (χ4v) is 2.10. The van der Waals surface area contributed by atoms with Gasteiger partial charge in [0.05, 0.1) is 18.8 Å². The van der Waals surface area contributed by atoms with Crippen molar-refractivity contribution in [2.45, 2.75) is 45.4 Å². The summed E-state index contributed by atoms with van der Waals surface area (Å²) in [7, 11) is 0. The van der Waals surface area contributed by atoms with Gasteiger partial charge >= 0.3 is 5.97 Å². The second-order valence-electron chi connectivity index (χ2n) is 4.57. The number of aromatic nitrogens is 2. The van der Waals surface area contributed by atoms with E-state index in [1.54, 1.807) is 6.07 Å². The fraction of sp³-hybridized carbons (Fsp3) is 0.692. The number of ether oxygens (including phenoxy) is 2. The molecule has 1 saturated heterocycles. The predicted octanol–water partition coefficient (Wildman–Crippen LogP) is 1.69. The third-order valence-corrected chi connectivity index (χ3v) is 3.16. The number of hydrogen-bond acceptors (Lipinski definition) is 4. The maximum Gasteiger partial charge on any atom is 0.354 e. The van der Waals surface area contributed by atoms with Crippen LogP contribution >= 0.6 is 0 Å². The van der Waals surface area contributed by atoms with Crippen LogP contribution < -0.4 is 0 Å². The highest BCUT2D eigenvalue weighted by Gasteiger charge is 2.16. The summed E-state index contributed by atoms with van der Waals surface area (Å²) in [5, 5.41) is 13.3. The number of aromatic carboxylic acids is 1. The van der Waals surface area contributed by atoms with Gasteiger partial charge in [0.1, 0.15) is 5.69 Å². The molecule has 0 aliphatic carbocycles. The van der Waals surface area contributed by atoms with Gasteiger partial charge in [0.2, 0.25) is 0 Å². The predicted molar refractivity (Wildman–Crippen MR) is 68.1 cm³/mol. The summed E-state index contributed by atoms with van der Waals surface area (Å²) in [5.41, 5.74) is 0.997. The summed E-state index contributed by atoms with van der Waals surface area (Å²) >= 11 is 0. The monoisotopic (exact) mass is 268 g/mol. The van der Waals surface area contributed by atoms with Crippen LogP contribution in [0.15, 0.2) is 6.07 Å². The summed E-state index contributed by atoms with van der Waals surface area (Å²) in [6.45, 7) is 3.54. The zero-order chi connectivity index (χ0) is 13.7. The lowest BCUT2D eigenvalue weighted by atomic mass is 10.2. The first-order valence-electron chi connectivity index (χ1n) is 6.74. The molecule has 1 aliphatic heterocycles. The third kappa shape index (κ3) is 3.78. The van der Waals surface area contributed by atoms with Crippen LogP contribution in [-0.4, -0.2) is 40.4 Å². The van der Waals surface area contributed by atoms with Crippen LogP contribution in [0.1, 0.15) is 42.4 Å². The molecule has 1 unspecified atom stereocenters. The average molecular weight is 268 g/mol. The molecular formula is C13H20N2O4. The molecule has 19 heavy (non-hydrogen) atoms. The van der Waals surface area contributed by atoms with E-state index in [4.69, 9.17) is 14.6 Å². The number of carboxylic acids is 1. The van der Waals surface area contributed by atoms with Gasteiger partial charge in [-0.2, -0.15) is 5.10 Å². The number of rotatable bonds is 6. The van der Waals surface area contributed by atoms with Gasteiger partial charge in [-0.3, -0.25) is 4.68 Å². The fourth-order valence-electron chi connectivity index (χ4n) is 2.10. The van der Waals surface area contributed by atoms with Crippen LogP contribution in [0.25, 0.3) is 0 Å². The minimum Gasteiger partial charge on any atom is -0.477 e. The molecule has 1 aliphatic rings. The quantitative estimate of drug-likeness (QED) is 0.849. The van der Waals surface area contributed by atoms with E-state index < -0.39 is 5.97 Å². The number of carboxylic acid groups (broad SMARTS) is 1. The third-order valence-electron chi connectivity index (χ3n) is 3.16. The highest BCUT2D eigenvalue weighted by atomic mass is 16.7. The van der Waals surface area contributed by atoms with E-state index in [1.807, 2.05) is 6.92 Å². The molecule has 0 spiro atoms. The molecule has 0 bridgehead atoms. The summed E-state index contributed by atoms with van der Waals surface area (Å²) in [6.07, 6.45) is 3.68. The van der Waals surface area contributed by atoms with E-state index in [1.165, 1.54) is 4.68 Å². The van der Waals surface area contributed by atoms with Crippen molar-refractivity contribution >= 4 is 5.97 Å².